The van der Waals surface area contributed by atoms with Gasteiger partial charge in [-0.1, -0.05) is 30.3 Å². The highest BCUT2D eigenvalue weighted by Crippen LogP contribution is 2.01. The van der Waals surface area contributed by atoms with E-state index in [1.54, 1.807) is 0 Å². The standard InChI is InChI=1S/C11H18N2O2/c12-8-15-9-14-7-11(13)6-10-4-2-1-3-5-10/h1-5,11H,6-9,12-13H2/t11-/m1/s1. The molecule has 0 unspecified atom stereocenters. The molecule has 0 saturated carbocycles. The van der Waals surface area contributed by atoms with Gasteiger partial charge in [-0.05, 0) is 12.0 Å². The predicted octanol–water partition coefficient (Wildman–Crippen LogP) is 0.463. The monoisotopic (exact) mass is 210 g/mol. The molecule has 0 saturated heterocycles. The fraction of sp³-hybridized carbons (Fsp3) is 0.455. The van der Waals surface area contributed by atoms with E-state index in [1.165, 1.54) is 5.56 Å². The maximum Gasteiger partial charge on any atom is 0.148 e. The van der Waals surface area contributed by atoms with E-state index in [-0.39, 0.29) is 19.6 Å². The van der Waals surface area contributed by atoms with Crippen LogP contribution in [-0.2, 0) is 15.9 Å². The lowest BCUT2D eigenvalue weighted by molar-refractivity contribution is -0.0554. The van der Waals surface area contributed by atoms with Crippen molar-refractivity contribution in [1.29, 1.82) is 0 Å². The first-order valence-electron chi connectivity index (χ1n) is 4.98. The van der Waals surface area contributed by atoms with Gasteiger partial charge in [-0.3, -0.25) is 0 Å². The predicted molar refractivity (Wildman–Crippen MR) is 59.1 cm³/mol. The molecule has 0 aliphatic heterocycles. The minimum Gasteiger partial charge on any atom is -0.354 e. The van der Waals surface area contributed by atoms with Gasteiger partial charge < -0.3 is 20.9 Å². The van der Waals surface area contributed by atoms with Crippen LogP contribution in [-0.4, -0.2) is 26.2 Å². The van der Waals surface area contributed by atoms with Gasteiger partial charge >= 0.3 is 0 Å². The van der Waals surface area contributed by atoms with Gasteiger partial charge in [-0.2, -0.15) is 0 Å². The molecular weight excluding hydrogens is 192 g/mol. The lowest BCUT2D eigenvalue weighted by Crippen LogP contribution is -2.29. The second-order valence-electron chi connectivity index (χ2n) is 3.31. The van der Waals surface area contributed by atoms with Crippen LogP contribution in [0.1, 0.15) is 5.56 Å². The molecule has 0 bridgehead atoms. The lowest BCUT2D eigenvalue weighted by Gasteiger charge is -2.11. The van der Waals surface area contributed by atoms with Gasteiger partial charge in [0.1, 0.15) is 6.79 Å². The number of nitrogens with two attached hydrogens (primary N) is 2. The number of ether oxygens (including phenoxy) is 2. The van der Waals surface area contributed by atoms with Crippen LogP contribution in [0, 0.1) is 0 Å². The van der Waals surface area contributed by atoms with Crippen LogP contribution in [0.15, 0.2) is 30.3 Å². The minimum absolute atomic E-state index is 0.00576. The molecule has 0 aromatic heterocycles. The van der Waals surface area contributed by atoms with Gasteiger partial charge in [-0.25, -0.2) is 0 Å². The zero-order valence-corrected chi connectivity index (χ0v) is 8.76. The SMILES string of the molecule is NCOCOC[C@H](N)Cc1ccccc1. The highest BCUT2D eigenvalue weighted by atomic mass is 16.7. The summed E-state index contributed by atoms with van der Waals surface area (Å²) in [5, 5.41) is 0. The molecule has 15 heavy (non-hydrogen) atoms. The summed E-state index contributed by atoms with van der Waals surface area (Å²) in [5.41, 5.74) is 12.2. The van der Waals surface area contributed by atoms with Crippen LogP contribution in [0.5, 0.6) is 0 Å². The molecule has 0 radical (unpaired) electrons. The Balaban J connectivity index is 2.16. The van der Waals surface area contributed by atoms with E-state index >= 15 is 0 Å². The Hall–Kier alpha value is -0.940. The third-order valence-electron chi connectivity index (χ3n) is 1.96. The summed E-state index contributed by atoms with van der Waals surface area (Å²) >= 11 is 0. The summed E-state index contributed by atoms with van der Waals surface area (Å²) in [7, 11) is 0. The smallest absolute Gasteiger partial charge is 0.148 e. The topological polar surface area (TPSA) is 70.5 Å². The zero-order valence-electron chi connectivity index (χ0n) is 8.76. The molecule has 1 aromatic carbocycles. The average molecular weight is 210 g/mol. The molecule has 0 aliphatic carbocycles. The summed E-state index contributed by atoms with van der Waals surface area (Å²) in [6.07, 6.45) is 0.809. The van der Waals surface area contributed by atoms with Crippen LogP contribution in [0.25, 0.3) is 0 Å². The largest absolute Gasteiger partial charge is 0.354 e. The molecule has 0 heterocycles. The van der Waals surface area contributed by atoms with Crippen molar-refractivity contribution in [2.45, 2.75) is 12.5 Å². The normalized spacial score (nSPS) is 12.7. The molecule has 4 nitrogen and oxygen atoms in total. The van der Waals surface area contributed by atoms with Crippen LogP contribution >= 0.6 is 0 Å². The maximum atomic E-state index is 5.88. The molecule has 0 aliphatic rings. The van der Waals surface area contributed by atoms with Gasteiger partial charge in [0.15, 0.2) is 0 Å². The van der Waals surface area contributed by atoms with Crippen LogP contribution in [0.4, 0.5) is 0 Å². The van der Waals surface area contributed by atoms with Gasteiger partial charge in [-0.15, -0.1) is 0 Å². The van der Waals surface area contributed by atoms with Crippen molar-refractivity contribution in [3.63, 3.8) is 0 Å². The Morgan fingerprint density at radius 2 is 1.87 bits per heavy atom. The highest BCUT2D eigenvalue weighted by molar-refractivity contribution is 5.15. The molecule has 4 N–H and O–H groups in total. The summed E-state index contributed by atoms with van der Waals surface area (Å²) in [5.74, 6) is 0. The van der Waals surface area contributed by atoms with Crippen molar-refractivity contribution in [2.75, 3.05) is 20.1 Å². The minimum atomic E-state index is -0.00576. The Bertz CT molecular complexity index is 254. The van der Waals surface area contributed by atoms with Crippen molar-refractivity contribution in [3.05, 3.63) is 35.9 Å². The number of hydrogen-bond acceptors (Lipinski definition) is 4. The van der Waals surface area contributed by atoms with Gasteiger partial charge in [0, 0.05) is 6.04 Å². The first kappa shape index (κ1) is 12.1. The van der Waals surface area contributed by atoms with E-state index in [2.05, 4.69) is 12.1 Å². The van der Waals surface area contributed by atoms with Crippen LogP contribution < -0.4 is 11.5 Å². The third-order valence-corrected chi connectivity index (χ3v) is 1.96. The first-order chi connectivity index (χ1) is 7.33. The Morgan fingerprint density at radius 3 is 2.53 bits per heavy atom. The number of hydrogen-bond donors (Lipinski definition) is 2. The Morgan fingerprint density at radius 1 is 1.13 bits per heavy atom. The van der Waals surface area contributed by atoms with Crippen LogP contribution in [0.3, 0.4) is 0 Å². The van der Waals surface area contributed by atoms with E-state index in [9.17, 15) is 0 Å². The molecule has 1 atom stereocenters. The van der Waals surface area contributed by atoms with E-state index in [0.717, 1.165) is 6.42 Å². The van der Waals surface area contributed by atoms with E-state index in [0.29, 0.717) is 6.61 Å². The number of benzene rings is 1. The summed E-state index contributed by atoms with van der Waals surface area (Å²) in [6.45, 7) is 0.863. The zero-order chi connectivity index (χ0) is 10.9. The van der Waals surface area contributed by atoms with Crippen molar-refractivity contribution in [1.82, 2.24) is 0 Å². The summed E-state index contributed by atoms with van der Waals surface area (Å²) in [4.78, 5) is 0. The second-order valence-corrected chi connectivity index (χ2v) is 3.31. The fourth-order valence-electron chi connectivity index (χ4n) is 1.28. The molecule has 1 aromatic rings. The van der Waals surface area contributed by atoms with Gasteiger partial charge in [0.25, 0.3) is 0 Å². The van der Waals surface area contributed by atoms with Crippen molar-refractivity contribution < 1.29 is 9.47 Å². The first-order valence-corrected chi connectivity index (χ1v) is 4.98. The van der Waals surface area contributed by atoms with E-state index < -0.39 is 0 Å². The maximum absolute atomic E-state index is 5.88. The molecule has 0 spiro atoms. The molecule has 0 fully saturated rings. The van der Waals surface area contributed by atoms with Crippen LogP contribution in [0.2, 0.25) is 0 Å². The fourth-order valence-corrected chi connectivity index (χ4v) is 1.28. The Labute approximate surface area is 90.2 Å². The third kappa shape index (κ3) is 5.49. The second kappa shape index (κ2) is 7.36. The molecular formula is C11H18N2O2. The Kier molecular flexibility index (Phi) is 5.96. The summed E-state index contributed by atoms with van der Waals surface area (Å²) < 4.78 is 10.0. The van der Waals surface area contributed by atoms with E-state index in [4.69, 9.17) is 20.9 Å². The van der Waals surface area contributed by atoms with Gasteiger partial charge in [0.2, 0.25) is 0 Å². The van der Waals surface area contributed by atoms with Crippen molar-refractivity contribution in [3.8, 4) is 0 Å². The van der Waals surface area contributed by atoms with E-state index in [1.807, 2.05) is 18.2 Å². The van der Waals surface area contributed by atoms with Gasteiger partial charge in [0.05, 0.1) is 13.3 Å². The highest BCUT2D eigenvalue weighted by Gasteiger charge is 2.03. The summed E-state index contributed by atoms with van der Waals surface area (Å²) in [6, 6.07) is 10.1. The molecule has 4 heteroatoms. The average Bonchev–Trinajstić information content (AvgIpc) is 2.26. The van der Waals surface area contributed by atoms with Crippen molar-refractivity contribution in [2.24, 2.45) is 11.5 Å². The molecule has 0 amide bonds. The number of rotatable bonds is 7. The lowest BCUT2D eigenvalue weighted by atomic mass is 10.1. The molecule has 1 rings (SSSR count). The van der Waals surface area contributed by atoms with Crippen molar-refractivity contribution >= 4 is 0 Å². The molecule has 84 valence electrons. The quantitative estimate of drug-likeness (QED) is 0.507.